The lowest BCUT2D eigenvalue weighted by Crippen LogP contribution is -2.40. The van der Waals surface area contributed by atoms with Gasteiger partial charge in [-0.1, -0.05) is 60.7 Å². The first-order chi connectivity index (χ1) is 13.7. The van der Waals surface area contributed by atoms with Crippen LogP contribution in [0.3, 0.4) is 0 Å². The number of amides is 1. The number of hydrogen-bond donors (Lipinski definition) is 1. The van der Waals surface area contributed by atoms with Gasteiger partial charge in [-0.25, -0.2) is 0 Å². The van der Waals surface area contributed by atoms with Gasteiger partial charge in [0.05, 0.1) is 12.0 Å². The molecule has 0 saturated heterocycles. The van der Waals surface area contributed by atoms with E-state index in [4.69, 9.17) is 0 Å². The SMILES string of the molecule is C=CCN(C(=O)[C@H](C1CC1)[C@H](O)c1ccc2ccccc2c1)c1ccccc1. The number of para-hydroxylation sites is 1. The van der Waals surface area contributed by atoms with Gasteiger partial charge in [-0.2, -0.15) is 0 Å². The fourth-order valence-corrected chi connectivity index (χ4v) is 3.89. The molecule has 142 valence electrons. The second kappa shape index (κ2) is 7.99. The molecule has 3 aromatic carbocycles. The Morgan fingerprint density at radius 3 is 2.39 bits per heavy atom. The van der Waals surface area contributed by atoms with Gasteiger partial charge in [0.1, 0.15) is 0 Å². The third-order valence-electron chi connectivity index (χ3n) is 5.52. The van der Waals surface area contributed by atoms with Gasteiger partial charge in [-0.05, 0) is 53.3 Å². The zero-order chi connectivity index (χ0) is 19.5. The summed E-state index contributed by atoms with van der Waals surface area (Å²) in [6, 6.07) is 23.7. The van der Waals surface area contributed by atoms with E-state index in [1.807, 2.05) is 66.7 Å². The van der Waals surface area contributed by atoms with E-state index in [1.165, 1.54) is 0 Å². The van der Waals surface area contributed by atoms with Crippen LogP contribution >= 0.6 is 0 Å². The van der Waals surface area contributed by atoms with E-state index >= 15 is 0 Å². The minimum Gasteiger partial charge on any atom is -0.388 e. The summed E-state index contributed by atoms with van der Waals surface area (Å²) in [6.07, 6.45) is 2.88. The molecule has 3 nitrogen and oxygen atoms in total. The Balaban J connectivity index is 1.67. The van der Waals surface area contributed by atoms with Gasteiger partial charge in [0.15, 0.2) is 0 Å². The van der Waals surface area contributed by atoms with Crippen LogP contribution in [0.15, 0.2) is 85.5 Å². The normalized spacial score (nSPS) is 15.8. The van der Waals surface area contributed by atoms with Crippen LogP contribution in [-0.2, 0) is 4.79 Å². The van der Waals surface area contributed by atoms with Crippen molar-refractivity contribution >= 4 is 22.4 Å². The van der Waals surface area contributed by atoms with Crippen molar-refractivity contribution in [2.24, 2.45) is 11.8 Å². The smallest absolute Gasteiger partial charge is 0.233 e. The number of aliphatic hydroxyl groups excluding tert-OH is 1. The van der Waals surface area contributed by atoms with Crippen molar-refractivity contribution in [2.75, 3.05) is 11.4 Å². The molecule has 3 heteroatoms. The molecule has 4 rings (SSSR count). The maximum Gasteiger partial charge on any atom is 0.233 e. The first-order valence-electron chi connectivity index (χ1n) is 9.83. The molecule has 1 fully saturated rings. The summed E-state index contributed by atoms with van der Waals surface area (Å²) in [5, 5.41) is 13.4. The average Bonchev–Trinajstić information content (AvgIpc) is 3.57. The summed E-state index contributed by atoms with van der Waals surface area (Å²) in [5.74, 6) is -0.249. The number of anilines is 1. The second-order valence-electron chi connectivity index (χ2n) is 7.49. The predicted molar refractivity (Wildman–Crippen MR) is 114 cm³/mol. The summed E-state index contributed by atoms with van der Waals surface area (Å²) in [6.45, 7) is 4.24. The van der Waals surface area contributed by atoms with Crippen molar-refractivity contribution < 1.29 is 9.90 Å². The summed E-state index contributed by atoms with van der Waals surface area (Å²) >= 11 is 0. The van der Waals surface area contributed by atoms with Crippen LogP contribution in [0.5, 0.6) is 0 Å². The highest BCUT2D eigenvalue weighted by Gasteiger charge is 2.43. The molecule has 3 aromatic rings. The summed E-state index contributed by atoms with van der Waals surface area (Å²) in [5.41, 5.74) is 1.64. The maximum absolute atomic E-state index is 13.5. The quantitative estimate of drug-likeness (QED) is 0.586. The number of fused-ring (bicyclic) bond motifs is 1. The van der Waals surface area contributed by atoms with Crippen LogP contribution in [0, 0.1) is 11.8 Å². The molecule has 0 unspecified atom stereocenters. The van der Waals surface area contributed by atoms with Crippen molar-refractivity contribution in [3.05, 3.63) is 91.0 Å². The lowest BCUT2D eigenvalue weighted by atomic mass is 9.89. The van der Waals surface area contributed by atoms with Crippen molar-refractivity contribution in [3.8, 4) is 0 Å². The van der Waals surface area contributed by atoms with Crippen molar-refractivity contribution in [1.82, 2.24) is 0 Å². The van der Waals surface area contributed by atoms with Crippen molar-refractivity contribution in [3.63, 3.8) is 0 Å². The lowest BCUT2D eigenvalue weighted by Gasteiger charge is -2.29. The molecule has 1 amide bonds. The number of carbonyl (C=O) groups excluding carboxylic acids is 1. The van der Waals surface area contributed by atoms with E-state index in [0.29, 0.717) is 6.54 Å². The van der Waals surface area contributed by atoms with Gasteiger partial charge in [0, 0.05) is 12.2 Å². The largest absolute Gasteiger partial charge is 0.388 e. The molecular weight excluding hydrogens is 346 g/mol. The van der Waals surface area contributed by atoms with E-state index in [-0.39, 0.29) is 11.8 Å². The Bertz CT molecular complexity index is 978. The minimum atomic E-state index is -0.819. The van der Waals surface area contributed by atoms with Gasteiger partial charge >= 0.3 is 0 Å². The molecule has 0 radical (unpaired) electrons. The van der Waals surface area contributed by atoms with Crippen LogP contribution in [0.4, 0.5) is 5.69 Å². The van der Waals surface area contributed by atoms with Gasteiger partial charge in [0.2, 0.25) is 5.91 Å². The molecule has 0 spiro atoms. The summed E-state index contributed by atoms with van der Waals surface area (Å²) in [4.78, 5) is 15.2. The van der Waals surface area contributed by atoms with Crippen LogP contribution in [0.25, 0.3) is 10.8 Å². The molecule has 0 aromatic heterocycles. The molecule has 2 atom stereocenters. The molecule has 28 heavy (non-hydrogen) atoms. The molecule has 1 saturated carbocycles. The number of hydrogen-bond acceptors (Lipinski definition) is 2. The van der Waals surface area contributed by atoms with Crippen LogP contribution in [0.1, 0.15) is 24.5 Å². The highest BCUT2D eigenvalue weighted by molar-refractivity contribution is 5.96. The lowest BCUT2D eigenvalue weighted by molar-refractivity contribution is -0.126. The first-order valence-corrected chi connectivity index (χ1v) is 9.83. The van der Waals surface area contributed by atoms with E-state index in [2.05, 4.69) is 12.6 Å². The molecule has 1 aliphatic carbocycles. The number of carbonyl (C=O) groups is 1. The highest BCUT2D eigenvalue weighted by Crippen LogP contribution is 2.44. The molecule has 1 N–H and O–H groups in total. The van der Waals surface area contributed by atoms with Crippen LogP contribution < -0.4 is 4.90 Å². The Morgan fingerprint density at radius 1 is 1.04 bits per heavy atom. The molecule has 1 aliphatic rings. The van der Waals surface area contributed by atoms with Crippen LogP contribution in [-0.4, -0.2) is 17.6 Å². The number of rotatable bonds is 7. The van der Waals surface area contributed by atoms with Gasteiger partial charge in [-0.15, -0.1) is 6.58 Å². The Kier molecular flexibility index (Phi) is 5.27. The topological polar surface area (TPSA) is 40.5 Å². The summed E-state index contributed by atoms with van der Waals surface area (Å²) < 4.78 is 0. The molecular formula is C25H25NO2. The summed E-state index contributed by atoms with van der Waals surface area (Å²) in [7, 11) is 0. The van der Waals surface area contributed by atoms with E-state index < -0.39 is 12.0 Å². The zero-order valence-electron chi connectivity index (χ0n) is 15.9. The third-order valence-corrected chi connectivity index (χ3v) is 5.52. The molecule has 0 bridgehead atoms. The Morgan fingerprint density at radius 2 is 1.71 bits per heavy atom. The van der Waals surface area contributed by atoms with Crippen molar-refractivity contribution in [2.45, 2.75) is 18.9 Å². The monoisotopic (exact) mass is 371 g/mol. The zero-order valence-corrected chi connectivity index (χ0v) is 15.9. The average molecular weight is 371 g/mol. The highest BCUT2D eigenvalue weighted by atomic mass is 16.3. The van der Waals surface area contributed by atoms with Crippen LogP contribution in [0.2, 0.25) is 0 Å². The van der Waals surface area contributed by atoms with Crippen molar-refractivity contribution in [1.29, 1.82) is 0 Å². The van der Waals surface area contributed by atoms with E-state index in [0.717, 1.165) is 34.9 Å². The predicted octanol–water partition coefficient (Wildman–Crippen LogP) is 5.12. The first kappa shape index (κ1) is 18.5. The third kappa shape index (κ3) is 3.71. The van der Waals surface area contributed by atoms with Gasteiger partial charge in [0.25, 0.3) is 0 Å². The Hall–Kier alpha value is -2.91. The number of benzene rings is 3. The fraction of sp³-hybridized carbons (Fsp3) is 0.240. The fourth-order valence-electron chi connectivity index (χ4n) is 3.89. The molecule has 0 aliphatic heterocycles. The maximum atomic E-state index is 13.5. The second-order valence-corrected chi connectivity index (χ2v) is 7.49. The Labute approximate surface area is 165 Å². The number of aliphatic hydroxyl groups is 1. The number of nitrogens with zero attached hydrogens (tertiary/aromatic N) is 1. The molecule has 0 heterocycles. The standard InChI is InChI=1S/C25H25NO2/c1-2-16-26(22-10-4-3-5-11-22)25(28)23(19-13-14-19)24(27)21-15-12-18-8-6-7-9-20(18)17-21/h2-12,15,17,19,23-24,27H,1,13-14,16H2/t23-,24-/m1/s1. The van der Waals surface area contributed by atoms with Gasteiger partial charge < -0.3 is 10.0 Å². The van der Waals surface area contributed by atoms with E-state index in [9.17, 15) is 9.90 Å². The van der Waals surface area contributed by atoms with E-state index in [1.54, 1.807) is 11.0 Å². The minimum absolute atomic E-state index is 0.0331. The van der Waals surface area contributed by atoms with Gasteiger partial charge in [-0.3, -0.25) is 4.79 Å².